The molecule has 1 fully saturated rings. The molecule has 4 rings (SSSR count). The Morgan fingerprint density at radius 1 is 1.36 bits per heavy atom. The van der Waals surface area contributed by atoms with E-state index in [2.05, 4.69) is 20.3 Å². The van der Waals surface area contributed by atoms with Crippen LogP contribution in [0.3, 0.4) is 0 Å². The lowest BCUT2D eigenvalue weighted by Crippen LogP contribution is -2.07. The van der Waals surface area contributed by atoms with Crippen molar-refractivity contribution >= 4 is 17.0 Å². The number of hydrogen-bond acceptors (Lipinski definition) is 7. The van der Waals surface area contributed by atoms with E-state index in [1.165, 1.54) is 13.4 Å². The van der Waals surface area contributed by atoms with Crippen LogP contribution in [0.1, 0.15) is 24.6 Å². The number of anilines is 1. The van der Waals surface area contributed by atoms with E-state index < -0.39 is 0 Å². The van der Waals surface area contributed by atoms with Crippen LogP contribution in [0, 0.1) is 0 Å². The van der Waals surface area contributed by atoms with Gasteiger partial charge in [-0.15, -0.1) is 0 Å². The SMILES string of the molecule is COc1cccc(CNc2ncnc3c2ncn3C2CCCO2)c1O. The van der Waals surface area contributed by atoms with Crippen LogP contribution >= 0.6 is 0 Å². The van der Waals surface area contributed by atoms with Crippen LogP contribution in [0.4, 0.5) is 5.82 Å². The molecule has 8 heteroatoms. The zero-order chi connectivity index (χ0) is 17.2. The number of phenolic OH excluding ortho intramolecular Hbond substituents is 1. The van der Waals surface area contributed by atoms with Crippen molar-refractivity contribution in [3.05, 3.63) is 36.4 Å². The van der Waals surface area contributed by atoms with E-state index >= 15 is 0 Å². The van der Waals surface area contributed by atoms with Gasteiger partial charge in [-0.25, -0.2) is 15.0 Å². The number of nitrogens with one attached hydrogen (secondary N) is 1. The summed E-state index contributed by atoms with van der Waals surface area (Å²) in [6.45, 7) is 1.15. The number of phenols is 1. The number of ether oxygens (including phenoxy) is 2. The zero-order valence-corrected chi connectivity index (χ0v) is 13.8. The van der Waals surface area contributed by atoms with Gasteiger partial charge in [-0.2, -0.15) is 0 Å². The van der Waals surface area contributed by atoms with Crippen LogP contribution < -0.4 is 10.1 Å². The average molecular weight is 341 g/mol. The Morgan fingerprint density at radius 3 is 3.08 bits per heavy atom. The van der Waals surface area contributed by atoms with E-state index in [9.17, 15) is 5.11 Å². The van der Waals surface area contributed by atoms with Crippen LogP contribution in [-0.2, 0) is 11.3 Å². The van der Waals surface area contributed by atoms with E-state index in [1.807, 2.05) is 16.7 Å². The number of hydrogen-bond donors (Lipinski definition) is 2. The highest BCUT2D eigenvalue weighted by atomic mass is 16.5. The lowest BCUT2D eigenvalue weighted by molar-refractivity contribution is 0.0593. The van der Waals surface area contributed by atoms with Gasteiger partial charge in [0, 0.05) is 18.7 Å². The predicted octanol–water partition coefficient (Wildman–Crippen LogP) is 2.46. The second kappa shape index (κ2) is 6.56. The molecule has 1 unspecified atom stereocenters. The first-order valence-electron chi connectivity index (χ1n) is 8.16. The van der Waals surface area contributed by atoms with Crippen molar-refractivity contribution in [2.24, 2.45) is 0 Å². The first kappa shape index (κ1) is 15.6. The van der Waals surface area contributed by atoms with Crippen molar-refractivity contribution in [1.82, 2.24) is 19.5 Å². The van der Waals surface area contributed by atoms with Crippen LogP contribution in [0.2, 0.25) is 0 Å². The summed E-state index contributed by atoms with van der Waals surface area (Å²) in [5.74, 6) is 1.17. The van der Waals surface area contributed by atoms with Gasteiger partial charge in [0.05, 0.1) is 13.4 Å². The standard InChI is InChI=1S/C17H19N5O3/c1-24-12-5-2-4-11(15(12)23)8-18-16-14-17(20-9-19-16)22(10-21-14)13-6-3-7-25-13/h2,4-5,9-10,13,23H,3,6-8H2,1H3,(H,18,19,20). The molecule has 3 heterocycles. The Morgan fingerprint density at radius 2 is 2.28 bits per heavy atom. The highest BCUT2D eigenvalue weighted by molar-refractivity contribution is 5.82. The van der Waals surface area contributed by atoms with Gasteiger partial charge < -0.3 is 19.9 Å². The quantitative estimate of drug-likeness (QED) is 0.736. The minimum absolute atomic E-state index is 0.0184. The van der Waals surface area contributed by atoms with Gasteiger partial charge in [-0.3, -0.25) is 4.57 Å². The van der Waals surface area contributed by atoms with Gasteiger partial charge in [0.25, 0.3) is 0 Å². The maximum absolute atomic E-state index is 10.2. The van der Waals surface area contributed by atoms with E-state index in [-0.39, 0.29) is 12.0 Å². The number of aromatic hydroxyl groups is 1. The van der Waals surface area contributed by atoms with Crippen LogP contribution in [0.15, 0.2) is 30.9 Å². The maximum atomic E-state index is 10.2. The molecule has 1 aromatic carbocycles. The van der Waals surface area contributed by atoms with Gasteiger partial charge >= 0.3 is 0 Å². The maximum Gasteiger partial charge on any atom is 0.167 e. The molecule has 0 spiro atoms. The monoisotopic (exact) mass is 341 g/mol. The highest BCUT2D eigenvalue weighted by Crippen LogP contribution is 2.31. The van der Waals surface area contributed by atoms with Crippen LogP contribution in [0.5, 0.6) is 11.5 Å². The second-order valence-corrected chi connectivity index (χ2v) is 5.84. The fraction of sp³-hybridized carbons (Fsp3) is 0.353. The predicted molar refractivity (Wildman–Crippen MR) is 91.5 cm³/mol. The Labute approximate surface area is 144 Å². The molecule has 0 radical (unpaired) electrons. The van der Waals surface area contributed by atoms with Crippen molar-refractivity contribution in [1.29, 1.82) is 0 Å². The largest absolute Gasteiger partial charge is 0.504 e. The Balaban J connectivity index is 1.60. The molecule has 130 valence electrons. The van der Waals surface area contributed by atoms with Crippen molar-refractivity contribution in [2.75, 3.05) is 19.0 Å². The third-order valence-corrected chi connectivity index (χ3v) is 4.32. The van der Waals surface area contributed by atoms with Crippen LogP contribution in [-0.4, -0.2) is 38.3 Å². The number of rotatable bonds is 5. The molecular formula is C17H19N5O3. The molecule has 0 aliphatic carbocycles. The van der Waals surface area contributed by atoms with E-state index in [1.54, 1.807) is 12.4 Å². The molecule has 0 saturated carbocycles. The summed E-state index contributed by atoms with van der Waals surface area (Å²) in [7, 11) is 1.53. The minimum atomic E-state index is -0.0184. The number of imidazole rings is 1. The van der Waals surface area contributed by atoms with Gasteiger partial charge in [0.15, 0.2) is 28.5 Å². The third kappa shape index (κ3) is 2.85. The topological polar surface area (TPSA) is 94.3 Å². The zero-order valence-electron chi connectivity index (χ0n) is 13.8. The van der Waals surface area contributed by atoms with Crippen molar-refractivity contribution in [3.63, 3.8) is 0 Å². The number of methoxy groups -OCH3 is 1. The number of aromatic nitrogens is 4. The Hall–Kier alpha value is -2.87. The molecule has 3 aromatic rings. The third-order valence-electron chi connectivity index (χ3n) is 4.32. The second-order valence-electron chi connectivity index (χ2n) is 5.84. The summed E-state index contributed by atoms with van der Waals surface area (Å²) >= 11 is 0. The Bertz CT molecular complexity index is 889. The lowest BCUT2D eigenvalue weighted by Gasteiger charge is -2.12. The minimum Gasteiger partial charge on any atom is -0.504 e. The fourth-order valence-electron chi connectivity index (χ4n) is 3.03. The average Bonchev–Trinajstić information content (AvgIpc) is 3.30. The van der Waals surface area contributed by atoms with Crippen molar-refractivity contribution < 1.29 is 14.6 Å². The molecule has 1 atom stereocenters. The summed E-state index contributed by atoms with van der Waals surface area (Å²) in [6, 6.07) is 5.37. The molecule has 1 saturated heterocycles. The molecule has 2 aromatic heterocycles. The molecule has 2 N–H and O–H groups in total. The molecule has 8 nitrogen and oxygen atoms in total. The number of nitrogens with zero attached hydrogens (tertiary/aromatic N) is 4. The summed E-state index contributed by atoms with van der Waals surface area (Å²) in [5.41, 5.74) is 2.13. The van der Waals surface area contributed by atoms with Gasteiger partial charge in [0.2, 0.25) is 0 Å². The number of fused-ring (bicyclic) bond motifs is 1. The number of para-hydroxylation sites is 1. The van der Waals surface area contributed by atoms with Gasteiger partial charge in [-0.1, -0.05) is 12.1 Å². The molecule has 1 aliphatic rings. The summed E-state index contributed by atoms with van der Waals surface area (Å²) in [4.78, 5) is 13.1. The molecule has 0 bridgehead atoms. The molecule has 0 amide bonds. The molecular weight excluding hydrogens is 322 g/mol. The molecule has 1 aliphatic heterocycles. The summed E-state index contributed by atoms with van der Waals surface area (Å²) in [6.07, 6.45) is 5.22. The Kier molecular flexibility index (Phi) is 4.10. The first-order chi connectivity index (χ1) is 12.3. The first-order valence-corrected chi connectivity index (χ1v) is 8.16. The normalized spacial score (nSPS) is 17.1. The van der Waals surface area contributed by atoms with E-state index in [0.717, 1.165) is 25.1 Å². The fourth-order valence-corrected chi connectivity index (χ4v) is 3.03. The summed E-state index contributed by atoms with van der Waals surface area (Å²) in [5, 5.41) is 13.4. The van der Waals surface area contributed by atoms with Crippen molar-refractivity contribution in [2.45, 2.75) is 25.6 Å². The van der Waals surface area contributed by atoms with Gasteiger partial charge in [0.1, 0.15) is 12.6 Å². The van der Waals surface area contributed by atoms with Gasteiger partial charge in [-0.05, 0) is 18.9 Å². The molecule has 25 heavy (non-hydrogen) atoms. The van der Waals surface area contributed by atoms with E-state index in [0.29, 0.717) is 29.2 Å². The lowest BCUT2D eigenvalue weighted by atomic mass is 10.2. The number of benzene rings is 1. The smallest absolute Gasteiger partial charge is 0.167 e. The highest BCUT2D eigenvalue weighted by Gasteiger charge is 2.21. The van der Waals surface area contributed by atoms with Crippen LogP contribution in [0.25, 0.3) is 11.2 Å². The summed E-state index contributed by atoms with van der Waals surface area (Å²) < 4.78 is 12.8. The van der Waals surface area contributed by atoms with Crippen molar-refractivity contribution in [3.8, 4) is 11.5 Å². The van der Waals surface area contributed by atoms with E-state index in [4.69, 9.17) is 9.47 Å².